The molecule has 0 aliphatic carbocycles. The first-order chi connectivity index (χ1) is 13.3. The van der Waals surface area contributed by atoms with Gasteiger partial charge in [-0.3, -0.25) is 4.79 Å². The van der Waals surface area contributed by atoms with E-state index in [1.54, 1.807) is 0 Å². The molecule has 130 valence electrons. The second-order valence-corrected chi connectivity index (χ2v) is 7.41. The molecule has 2 aliphatic heterocycles. The van der Waals surface area contributed by atoms with Crippen LogP contribution < -0.4 is 0 Å². The van der Waals surface area contributed by atoms with Crippen molar-refractivity contribution in [2.24, 2.45) is 0 Å². The highest BCUT2D eigenvalue weighted by molar-refractivity contribution is 6.01. The Morgan fingerprint density at radius 2 is 1.59 bits per heavy atom. The first-order valence-electron chi connectivity index (χ1n) is 9.38. The lowest BCUT2D eigenvalue weighted by Crippen LogP contribution is -2.37. The van der Waals surface area contributed by atoms with Gasteiger partial charge < -0.3 is 9.88 Å². The molecule has 2 atom stereocenters. The van der Waals surface area contributed by atoms with E-state index >= 15 is 0 Å². The molecule has 4 aromatic rings. The zero-order valence-electron chi connectivity index (χ0n) is 14.7. The number of aromatic nitrogens is 1. The lowest BCUT2D eigenvalue weighted by atomic mass is 9.83. The van der Waals surface area contributed by atoms with Gasteiger partial charge in [-0.05, 0) is 28.8 Å². The Kier molecular flexibility index (Phi) is 2.92. The van der Waals surface area contributed by atoms with Crippen LogP contribution in [0.15, 0.2) is 78.9 Å². The van der Waals surface area contributed by atoms with E-state index in [2.05, 4.69) is 59.6 Å². The first-order valence-corrected chi connectivity index (χ1v) is 9.38. The van der Waals surface area contributed by atoms with Crippen LogP contribution in [0.1, 0.15) is 44.7 Å². The van der Waals surface area contributed by atoms with Crippen molar-refractivity contribution in [3.05, 3.63) is 107 Å². The maximum atomic E-state index is 13.1. The number of nitrogens with zero attached hydrogens (tertiary/aromatic N) is 1. The molecule has 3 aromatic carbocycles. The molecule has 6 rings (SSSR count). The summed E-state index contributed by atoms with van der Waals surface area (Å²) in [6.07, 6.45) is 0. The number of aromatic amines is 1. The minimum Gasteiger partial charge on any atom is -0.356 e. The van der Waals surface area contributed by atoms with Crippen molar-refractivity contribution < 1.29 is 4.79 Å². The molecule has 0 saturated heterocycles. The fourth-order valence-corrected chi connectivity index (χ4v) is 4.89. The maximum absolute atomic E-state index is 13.1. The molecule has 3 heteroatoms. The van der Waals surface area contributed by atoms with E-state index in [0.717, 1.165) is 22.3 Å². The van der Waals surface area contributed by atoms with Crippen LogP contribution in [-0.4, -0.2) is 22.3 Å². The van der Waals surface area contributed by atoms with Crippen molar-refractivity contribution in [2.45, 2.75) is 12.0 Å². The molecule has 0 spiro atoms. The van der Waals surface area contributed by atoms with E-state index in [9.17, 15) is 4.79 Å². The van der Waals surface area contributed by atoms with Gasteiger partial charge in [0, 0.05) is 34.6 Å². The molecular formula is C24H18N2O. The quantitative estimate of drug-likeness (QED) is 0.523. The normalized spacial score (nSPS) is 20.4. The largest absolute Gasteiger partial charge is 0.356 e. The highest BCUT2D eigenvalue weighted by Gasteiger charge is 2.45. The summed E-state index contributed by atoms with van der Waals surface area (Å²) in [6, 6.07) is 27.0. The van der Waals surface area contributed by atoms with Crippen LogP contribution in [-0.2, 0) is 0 Å². The van der Waals surface area contributed by atoms with Crippen LogP contribution in [0.5, 0.6) is 0 Å². The fourth-order valence-electron chi connectivity index (χ4n) is 4.89. The smallest absolute Gasteiger partial charge is 0.255 e. The highest BCUT2D eigenvalue weighted by Crippen LogP contribution is 2.49. The Morgan fingerprint density at radius 1 is 0.852 bits per heavy atom. The summed E-state index contributed by atoms with van der Waals surface area (Å²) in [6.45, 7) is 0.705. The minimum absolute atomic E-state index is 0.0175. The van der Waals surface area contributed by atoms with Gasteiger partial charge in [0.2, 0.25) is 0 Å². The third-order valence-corrected chi connectivity index (χ3v) is 6.04. The van der Waals surface area contributed by atoms with Crippen molar-refractivity contribution in [3.63, 3.8) is 0 Å². The number of rotatable bonds is 1. The molecule has 0 fully saturated rings. The summed E-state index contributed by atoms with van der Waals surface area (Å²) in [7, 11) is 0. The van der Waals surface area contributed by atoms with Crippen molar-refractivity contribution in [3.8, 4) is 0 Å². The molecule has 1 N–H and O–H groups in total. The molecule has 1 aromatic heterocycles. The van der Waals surface area contributed by atoms with Gasteiger partial charge in [-0.25, -0.2) is 0 Å². The molecule has 1 amide bonds. The van der Waals surface area contributed by atoms with Gasteiger partial charge in [0.15, 0.2) is 0 Å². The topological polar surface area (TPSA) is 36.1 Å². The number of hydrogen-bond acceptors (Lipinski definition) is 1. The van der Waals surface area contributed by atoms with Gasteiger partial charge >= 0.3 is 0 Å². The Morgan fingerprint density at radius 3 is 2.48 bits per heavy atom. The average Bonchev–Trinajstić information content (AvgIpc) is 3.25. The van der Waals surface area contributed by atoms with Crippen LogP contribution in [0.4, 0.5) is 0 Å². The highest BCUT2D eigenvalue weighted by atomic mass is 16.2. The van der Waals surface area contributed by atoms with Crippen LogP contribution in [0, 0.1) is 0 Å². The Bertz CT molecular complexity index is 1190. The van der Waals surface area contributed by atoms with Gasteiger partial charge in [0.1, 0.15) is 0 Å². The first kappa shape index (κ1) is 14.8. The Labute approximate surface area is 157 Å². The standard InChI is InChI=1S/C24H18N2O/c27-24-17-11-5-4-10-16(17)23-22-21(18-12-6-7-13-20(18)25-22)19(14-26(23)24)15-8-2-1-3-9-15/h1-13,19,23,25H,14H2/t19-,23-/m0/s1. The van der Waals surface area contributed by atoms with E-state index in [1.165, 1.54) is 16.5 Å². The fraction of sp³-hybridized carbons (Fsp3) is 0.125. The SMILES string of the molecule is O=C1c2ccccc2[C@H]2c3[nH]c4ccccc4c3[C@H](c3ccccc3)CN12. The second-order valence-electron chi connectivity index (χ2n) is 7.41. The molecule has 27 heavy (non-hydrogen) atoms. The number of nitrogens with one attached hydrogen (secondary N) is 1. The summed E-state index contributed by atoms with van der Waals surface area (Å²) >= 11 is 0. The lowest BCUT2D eigenvalue weighted by molar-refractivity contribution is 0.0727. The van der Waals surface area contributed by atoms with E-state index in [-0.39, 0.29) is 17.9 Å². The van der Waals surface area contributed by atoms with E-state index < -0.39 is 0 Å². The number of amides is 1. The van der Waals surface area contributed by atoms with Gasteiger partial charge in [0.05, 0.1) is 6.04 Å². The average molecular weight is 350 g/mol. The molecule has 0 radical (unpaired) electrons. The summed E-state index contributed by atoms with van der Waals surface area (Å²) in [5, 5.41) is 1.26. The summed E-state index contributed by atoms with van der Waals surface area (Å²) in [4.78, 5) is 18.8. The maximum Gasteiger partial charge on any atom is 0.255 e. The summed E-state index contributed by atoms with van der Waals surface area (Å²) in [5.74, 6) is 0.313. The van der Waals surface area contributed by atoms with Gasteiger partial charge in [-0.1, -0.05) is 66.7 Å². The van der Waals surface area contributed by atoms with E-state index in [4.69, 9.17) is 0 Å². The second kappa shape index (κ2) is 5.34. The minimum atomic E-state index is -0.0175. The summed E-state index contributed by atoms with van der Waals surface area (Å²) in [5.41, 5.74) is 6.84. The molecule has 0 saturated carbocycles. The van der Waals surface area contributed by atoms with Crippen molar-refractivity contribution in [2.75, 3.05) is 6.54 Å². The van der Waals surface area contributed by atoms with E-state index in [1.807, 2.05) is 29.2 Å². The third kappa shape index (κ3) is 1.94. The van der Waals surface area contributed by atoms with E-state index in [0.29, 0.717) is 6.54 Å². The van der Waals surface area contributed by atoms with Crippen molar-refractivity contribution in [1.82, 2.24) is 9.88 Å². The van der Waals surface area contributed by atoms with Gasteiger partial charge in [0.25, 0.3) is 5.91 Å². The number of hydrogen-bond donors (Lipinski definition) is 1. The molecular weight excluding hydrogens is 332 g/mol. The molecule has 0 bridgehead atoms. The van der Waals surface area contributed by atoms with Crippen LogP contribution >= 0.6 is 0 Å². The van der Waals surface area contributed by atoms with Gasteiger partial charge in [-0.15, -0.1) is 0 Å². The predicted octanol–water partition coefficient (Wildman–Crippen LogP) is 4.86. The van der Waals surface area contributed by atoms with Crippen LogP contribution in [0.3, 0.4) is 0 Å². The molecule has 3 nitrogen and oxygen atoms in total. The number of carbonyl (C=O) groups excluding carboxylic acids is 1. The Balaban J connectivity index is 1.66. The van der Waals surface area contributed by atoms with Crippen molar-refractivity contribution in [1.29, 1.82) is 0 Å². The molecule has 3 heterocycles. The van der Waals surface area contributed by atoms with Crippen molar-refractivity contribution >= 4 is 16.8 Å². The van der Waals surface area contributed by atoms with Gasteiger partial charge in [-0.2, -0.15) is 0 Å². The van der Waals surface area contributed by atoms with Crippen LogP contribution in [0.25, 0.3) is 10.9 Å². The zero-order valence-corrected chi connectivity index (χ0v) is 14.7. The zero-order chi connectivity index (χ0) is 18.0. The Hall–Kier alpha value is -3.33. The predicted molar refractivity (Wildman–Crippen MR) is 106 cm³/mol. The molecule has 0 unspecified atom stereocenters. The summed E-state index contributed by atoms with van der Waals surface area (Å²) < 4.78 is 0. The number of H-pyrrole nitrogens is 1. The number of carbonyl (C=O) groups is 1. The number of fused-ring (bicyclic) bond motifs is 7. The lowest BCUT2D eigenvalue weighted by Gasteiger charge is -2.36. The van der Waals surface area contributed by atoms with Crippen LogP contribution in [0.2, 0.25) is 0 Å². The molecule has 2 aliphatic rings. The monoisotopic (exact) mass is 350 g/mol. The number of benzene rings is 3. The number of para-hydroxylation sites is 1. The third-order valence-electron chi connectivity index (χ3n) is 6.04.